The van der Waals surface area contributed by atoms with Crippen LogP contribution in [0.3, 0.4) is 0 Å². The number of rotatable bonds is 1. The van der Waals surface area contributed by atoms with E-state index in [9.17, 15) is 4.79 Å². The zero-order valence-electron chi connectivity index (χ0n) is 14.0. The molecule has 5 nitrogen and oxygen atoms in total. The average Bonchev–Trinajstić information content (AvgIpc) is 2.44. The quantitative estimate of drug-likeness (QED) is 0.744. The monoisotopic (exact) mass is 379 g/mol. The summed E-state index contributed by atoms with van der Waals surface area (Å²) in [7, 11) is 0. The minimum atomic E-state index is -0.482. The van der Waals surface area contributed by atoms with Crippen LogP contribution in [0.25, 0.3) is 0 Å². The van der Waals surface area contributed by atoms with Crippen molar-refractivity contribution in [3.8, 4) is 6.07 Å². The molecule has 1 aliphatic rings. The van der Waals surface area contributed by atoms with Gasteiger partial charge in [-0.1, -0.05) is 0 Å². The van der Waals surface area contributed by atoms with E-state index in [4.69, 9.17) is 10.00 Å². The largest absolute Gasteiger partial charge is 0.444 e. The van der Waals surface area contributed by atoms with Crippen LogP contribution in [0.1, 0.15) is 33.3 Å². The van der Waals surface area contributed by atoms with Crippen LogP contribution in [0.4, 0.5) is 10.5 Å². The molecule has 6 heteroatoms. The number of anilines is 1. The highest BCUT2D eigenvalue weighted by molar-refractivity contribution is 9.10. The molecule has 0 unspecified atom stereocenters. The molecule has 1 aliphatic heterocycles. The fraction of sp³-hybridized carbons (Fsp3) is 0.529. The highest BCUT2D eigenvalue weighted by Crippen LogP contribution is 2.29. The minimum absolute atomic E-state index is 0.0566. The Morgan fingerprint density at radius 2 is 2.09 bits per heavy atom. The van der Waals surface area contributed by atoms with Crippen LogP contribution in [-0.4, -0.2) is 42.3 Å². The summed E-state index contributed by atoms with van der Waals surface area (Å²) >= 11 is 3.53. The second-order valence-corrected chi connectivity index (χ2v) is 7.60. The fourth-order valence-corrected chi connectivity index (χ4v) is 3.23. The van der Waals surface area contributed by atoms with Gasteiger partial charge in [0.2, 0.25) is 0 Å². The first-order valence-corrected chi connectivity index (χ1v) is 8.45. The molecule has 2 rings (SSSR count). The number of benzene rings is 1. The van der Waals surface area contributed by atoms with Gasteiger partial charge in [-0.15, -0.1) is 0 Å². The topological polar surface area (TPSA) is 56.6 Å². The van der Waals surface area contributed by atoms with E-state index in [1.165, 1.54) is 0 Å². The predicted octanol–water partition coefficient (Wildman–Crippen LogP) is 3.77. The van der Waals surface area contributed by atoms with Crippen molar-refractivity contribution in [2.24, 2.45) is 0 Å². The molecule has 0 aliphatic carbocycles. The lowest BCUT2D eigenvalue weighted by Crippen LogP contribution is -2.55. The van der Waals surface area contributed by atoms with E-state index in [1.807, 2.05) is 45.9 Å². The number of piperazine rings is 1. The zero-order chi connectivity index (χ0) is 17.2. The summed E-state index contributed by atoms with van der Waals surface area (Å²) in [5.74, 6) is 0. The van der Waals surface area contributed by atoms with Crippen LogP contribution >= 0.6 is 15.9 Å². The third-order valence-corrected chi connectivity index (χ3v) is 4.31. The maximum atomic E-state index is 12.3. The molecular weight excluding hydrogens is 358 g/mol. The van der Waals surface area contributed by atoms with Crippen molar-refractivity contribution < 1.29 is 9.53 Å². The molecule has 23 heavy (non-hydrogen) atoms. The van der Waals surface area contributed by atoms with Gasteiger partial charge in [0.15, 0.2) is 0 Å². The standard InChI is InChI=1S/C17H22BrN3O2/c1-12-11-20(15-6-5-13(10-19)9-14(15)18)7-8-21(12)16(22)23-17(2,3)4/h5-6,9,12H,7-8,11H2,1-4H3/t12-/m0/s1. The van der Waals surface area contributed by atoms with Gasteiger partial charge in [0.05, 0.1) is 17.3 Å². The number of carbonyl (C=O) groups excluding carboxylic acids is 1. The van der Waals surface area contributed by atoms with Crippen LogP contribution in [-0.2, 0) is 4.74 Å². The predicted molar refractivity (Wildman–Crippen MR) is 93.5 cm³/mol. The summed E-state index contributed by atoms with van der Waals surface area (Å²) in [6.07, 6.45) is -0.261. The smallest absolute Gasteiger partial charge is 0.410 e. The van der Waals surface area contributed by atoms with Crippen molar-refractivity contribution in [2.75, 3.05) is 24.5 Å². The molecule has 1 fully saturated rings. The van der Waals surface area contributed by atoms with Crippen molar-refractivity contribution in [2.45, 2.75) is 39.3 Å². The number of ether oxygens (including phenoxy) is 1. The number of hydrogen-bond donors (Lipinski definition) is 0. The summed E-state index contributed by atoms with van der Waals surface area (Å²) in [4.78, 5) is 16.3. The van der Waals surface area contributed by atoms with Gasteiger partial charge >= 0.3 is 6.09 Å². The van der Waals surface area contributed by atoms with E-state index < -0.39 is 5.60 Å². The Morgan fingerprint density at radius 3 is 2.61 bits per heavy atom. The third-order valence-electron chi connectivity index (χ3n) is 3.67. The van der Waals surface area contributed by atoms with E-state index in [2.05, 4.69) is 26.9 Å². The first kappa shape index (κ1) is 17.6. The molecule has 1 heterocycles. The minimum Gasteiger partial charge on any atom is -0.444 e. The van der Waals surface area contributed by atoms with E-state index in [1.54, 1.807) is 4.90 Å². The Balaban J connectivity index is 2.07. The van der Waals surface area contributed by atoms with Gasteiger partial charge in [0, 0.05) is 30.1 Å². The number of amides is 1. The summed E-state index contributed by atoms with van der Waals surface area (Å²) in [5, 5.41) is 8.95. The van der Waals surface area contributed by atoms with Crippen LogP contribution in [0.2, 0.25) is 0 Å². The van der Waals surface area contributed by atoms with Crippen LogP contribution in [0.15, 0.2) is 22.7 Å². The maximum Gasteiger partial charge on any atom is 0.410 e. The molecule has 0 spiro atoms. The second-order valence-electron chi connectivity index (χ2n) is 6.75. The Labute approximate surface area is 145 Å². The lowest BCUT2D eigenvalue weighted by Gasteiger charge is -2.41. The van der Waals surface area contributed by atoms with E-state index >= 15 is 0 Å². The van der Waals surface area contributed by atoms with Gasteiger partial charge in [-0.25, -0.2) is 4.79 Å². The number of nitrogens with zero attached hydrogens (tertiary/aromatic N) is 3. The lowest BCUT2D eigenvalue weighted by molar-refractivity contribution is 0.0159. The van der Waals surface area contributed by atoms with Crippen molar-refractivity contribution in [3.63, 3.8) is 0 Å². The molecule has 0 saturated carbocycles. The number of carbonyl (C=O) groups is 1. The molecule has 0 bridgehead atoms. The van der Waals surface area contributed by atoms with Gasteiger partial charge in [0.1, 0.15) is 5.60 Å². The Hall–Kier alpha value is -1.74. The zero-order valence-corrected chi connectivity index (χ0v) is 15.6. The van der Waals surface area contributed by atoms with Gasteiger partial charge in [-0.2, -0.15) is 5.26 Å². The number of hydrogen-bond acceptors (Lipinski definition) is 4. The summed E-state index contributed by atoms with van der Waals surface area (Å²) in [6.45, 7) is 9.72. The highest BCUT2D eigenvalue weighted by Gasteiger charge is 2.31. The average molecular weight is 380 g/mol. The summed E-state index contributed by atoms with van der Waals surface area (Å²) in [5.41, 5.74) is 1.19. The van der Waals surface area contributed by atoms with E-state index in [0.717, 1.165) is 23.2 Å². The van der Waals surface area contributed by atoms with Crippen LogP contribution in [0.5, 0.6) is 0 Å². The van der Waals surface area contributed by atoms with E-state index in [-0.39, 0.29) is 12.1 Å². The van der Waals surface area contributed by atoms with Crippen LogP contribution in [0, 0.1) is 11.3 Å². The normalized spacial score (nSPS) is 18.5. The van der Waals surface area contributed by atoms with Crippen LogP contribution < -0.4 is 4.90 Å². The SMILES string of the molecule is C[C@H]1CN(c2ccc(C#N)cc2Br)CCN1C(=O)OC(C)(C)C. The van der Waals surface area contributed by atoms with Gasteiger partial charge < -0.3 is 14.5 Å². The molecule has 1 aromatic rings. The van der Waals surface area contributed by atoms with Crippen molar-refractivity contribution in [1.29, 1.82) is 5.26 Å². The maximum absolute atomic E-state index is 12.3. The molecular formula is C17H22BrN3O2. The molecule has 0 radical (unpaired) electrons. The van der Waals surface area contributed by atoms with Gasteiger partial charge in [-0.05, 0) is 61.8 Å². The molecule has 1 atom stereocenters. The number of nitriles is 1. The fourth-order valence-electron chi connectivity index (χ4n) is 2.60. The van der Waals surface area contributed by atoms with Crippen molar-refractivity contribution >= 4 is 27.7 Å². The molecule has 124 valence electrons. The van der Waals surface area contributed by atoms with Gasteiger partial charge in [0.25, 0.3) is 0 Å². The Bertz CT molecular complexity index is 634. The first-order chi connectivity index (χ1) is 10.7. The van der Waals surface area contributed by atoms with Crippen molar-refractivity contribution in [3.05, 3.63) is 28.2 Å². The molecule has 0 aromatic heterocycles. The summed E-state index contributed by atoms with van der Waals surface area (Å²) < 4.78 is 6.36. The number of halogens is 1. The van der Waals surface area contributed by atoms with Crippen molar-refractivity contribution in [1.82, 2.24) is 4.90 Å². The highest BCUT2D eigenvalue weighted by atomic mass is 79.9. The Morgan fingerprint density at radius 1 is 1.39 bits per heavy atom. The second kappa shape index (κ2) is 6.79. The lowest BCUT2D eigenvalue weighted by atomic mass is 10.1. The first-order valence-electron chi connectivity index (χ1n) is 7.65. The third kappa shape index (κ3) is 4.38. The molecule has 0 N–H and O–H groups in total. The summed E-state index contributed by atoms with van der Waals surface area (Å²) in [6, 6.07) is 7.76. The van der Waals surface area contributed by atoms with E-state index in [0.29, 0.717) is 12.1 Å². The molecule has 1 aromatic carbocycles. The molecule has 1 amide bonds. The Kier molecular flexibility index (Phi) is 5.20. The molecule has 1 saturated heterocycles. The van der Waals surface area contributed by atoms with Gasteiger partial charge in [-0.3, -0.25) is 0 Å².